The Labute approximate surface area is 121 Å². The van der Waals surface area contributed by atoms with E-state index in [4.69, 9.17) is 22.1 Å². The van der Waals surface area contributed by atoms with Crippen molar-refractivity contribution in [3.8, 4) is 5.75 Å². The van der Waals surface area contributed by atoms with Gasteiger partial charge in [-0.3, -0.25) is 0 Å². The Balaban J connectivity index is 2.09. The highest BCUT2D eigenvalue weighted by Crippen LogP contribution is 2.33. The van der Waals surface area contributed by atoms with Gasteiger partial charge in [0.1, 0.15) is 11.9 Å². The monoisotopic (exact) mass is 281 g/mol. The van der Waals surface area contributed by atoms with Crippen molar-refractivity contribution in [3.63, 3.8) is 0 Å². The van der Waals surface area contributed by atoms with E-state index < -0.39 is 0 Å². The molecular formula is C16H24ClNO. The molecule has 0 bridgehead atoms. The van der Waals surface area contributed by atoms with Crippen LogP contribution in [0.3, 0.4) is 0 Å². The van der Waals surface area contributed by atoms with E-state index in [0.717, 1.165) is 24.2 Å². The fraction of sp³-hybridized carbons (Fsp3) is 0.625. The topological polar surface area (TPSA) is 35.2 Å². The number of halogens is 1. The quantitative estimate of drug-likeness (QED) is 0.902. The molecular weight excluding hydrogens is 258 g/mol. The Morgan fingerprint density at radius 2 is 2.05 bits per heavy atom. The second-order valence-electron chi connectivity index (χ2n) is 6.05. The molecule has 0 radical (unpaired) electrons. The number of hydrogen-bond donors (Lipinski definition) is 1. The largest absolute Gasteiger partial charge is 0.488 e. The maximum atomic E-state index is 6.22. The highest BCUT2D eigenvalue weighted by Gasteiger charge is 2.31. The first-order valence-electron chi connectivity index (χ1n) is 7.15. The van der Waals surface area contributed by atoms with Crippen LogP contribution in [0.15, 0.2) is 18.2 Å². The second kappa shape index (κ2) is 6.15. The van der Waals surface area contributed by atoms with Crippen molar-refractivity contribution in [2.75, 3.05) is 0 Å². The SMILES string of the molecule is Cc1ccc(Cl)cc1OC1CC(C(C)C)CCC1N. The second-order valence-corrected chi connectivity index (χ2v) is 6.48. The lowest BCUT2D eigenvalue weighted by atomic mass is 9.78. The van der Waals surface area contributed by atoms with Gasteiger partial charge < -0.3 is 10.5 Å². The molecule has 1 aromatic carbocycles. The zero-order valence-electron chi connectivity index (χ0n) is 12.0. The van der Waals surface area contributed by atoms with E-state index in [1.165, 1.54) is 6.42 Å². The number of hydrogen-bond acceptors (Lipinski definition) is 2. The number of ether oxygens (including phenoxy) is 1. The molecule has 2 N–H and O–H groups in total. The highest BCUT2D eigenvalue weighted by molar-refractivity contribution is 6.30. The summed E-state index contributed by atoms with van der Waals surface area (Å²) in [5.74, 6) is 2.28. The average Bonchev–Trinajstić information content (AvgIpc) is 2.36. The number of nitrogens with two attached hydrogens (primary N) is 1. The fourth-order valence-electron chi connectivity index (χ4n) is 2.79. The molecule has 0 aromatic heterocycles. The minimum Gasteiger partial charge on any atom is -0.488 e. The summed E-state index contributed by atoms with van der Waals surface area (Å²) in [5, 5.41) is 0.713. The highest BCUT2D eigenvalue weighted by atomic mass is 35.5. The molecule has 0 saturated heterocycles. The van der Waals surface area contributed by atoms with E-state index in [0.29, 0.717) is 16.9 Å². The van der Waals surface area contributed by atoms with E-state index in [1.54, 1.807) is 0 Å². The number of rotatable bonds is 3. The van der Waals surface area contributed by atoms with Gasteiger partial charge in [-0.2, -0.15) is 0 Å². The first-order chi connectivity index (χ1) is 8.97. The summed E-state index contributed by atoms with van der Waals surface area (Å²) in [6.07, 6.45) is 3.42. The van der Waals surface area contributed by atoms with Gasteiger partial charge in [-0.25, -0.2) is 0 Å². The van der Waals surface area contributed by atoms with Gasteiger partial charge in [-0.1, -0.05) is 31.5 Å². The van der Waals surface area contributed by atoms with Crippen molar-refractivity contribution in [1.82, 2.24) is 0 Å². The molecule has 2 nitrogen and oxygen atoms in total. The van der Waals surface area contributed by atoms with Crippen molar-refractivity contribution in [2.24, 2.45) is 17.6 Å². The molecule has 19 heavy (non-hydrogen) atoms. The van der Waals surface area contributed by atoms with Crippen molar-refractivity contribution in [3.05, 3.63) is 28.8 Å². The van der Waals surface area contributed by atoms with Crippen LogP contribution in [0.1, 0.15) is 38.7 Å². The van der Waals surface area contributed by atoms with Crippen LogP contribution < -0.4 is 10.5 Å². The van der Waals surface area contributed by atoms with Gasteiger partial charge in [-0.05, 0) is 55.7 Å². The minimum atomic E-state index is 0.110. The third-order valence-corrected chi connectivity index (χ3v) is 4.49. The summed E-state index contributed by atoms with van der Waals surface area (Å²) in [6, 6.07) is 5.91. The van der Waals surface area contributed by atoms with Gasteiger partial charge in [0.05, 0.1) is 0 Å². The lowest BCUT2D eigenvalue weighted by Crippen LogP contribution is -2.44. The van der Waals surface area contributed by atoms with E-state index in [1.807, 2.05) is 25.1 Å². The van der Waals surface area contributed by atoms with Crippen molar-refractivity contribution < 1.29 is 4.74 Å². The lowest BCUT2D eigenvalue weighted by Gasteiger charge is -2.36. The molecule has 0 spiro atoms. The van der Waals surface area contributed by atoms with Crippen LogP contribution in [0, 0.1) is 18.8 Å². The molecule has 3 unspecified atom stereocenters. The predicted molar refractivity (Wildman–Crippen MR) is 80.8 cm³/mol. The summed E-state index contributed by atoms with van der Waals surface area (Å²) in [4.78, 5) is 0. The summed E-state index contributed by atoms with van der Waals surface area (Å²) in [6.45, 7) is 6.60. The van der Waals surface area contributed by atoms with Crippen molar-refractivity contribution >= 4 is 11.6 Å². The van der Waals surface area contributed by atoms with Crippen LogP contribution >= 0.6 is 11.6 Å². The third kappa shape index (κ3) is 3.64. The molecule has 1 fully saturated rings. The molecule has 1 aliphatic carbocycles. The Kier molecular flexibility index (Phi) is 4.75. The molecule has 1 aromatic rings. The Hall–Kier alpha value is -0.730. The summed E-state index contributed by atoms with van der Waals surface area (Å²) in [7, 11) is 0. The van der Waals surface area contributed by atoms with Gasteiger partial charge in [0.15, 0.2) is 0 Å². The zero-order chi connectivity index (χ0) is 14.0. The van der Waals surface area contributed by atoms with Crippen LogP contribution in [-0.2, 0) is 0 Å². The first kappa shape index (κ1) is 14.7. The smallest absolute Gasteiger partial charge is 0.124 e. The van der Waals surface area contributed by atoms with Gasteiger partial charge in [-0.15, -0.1) is 0 Å². The maximum Gasteiger partial charge on any atom is 0.124 e. The van der Waals surface area contributed by atoms with Gasteiger partial charge >= 0.3 is 0 Å². The van der Waals surface area contributed by atoms with Crippen LogP contribution in [0.25, 0.3) is 0 Å². The summed E-state index contributed by atoms with van der Waals surface area (Å²) in [5.41, 5.74) is 7.33. The first-order valence-corrected chi connectivity index (χ1v) is 7.53. The molecule has 2 rings (SSSR count). The van der Waals surface area contributed by atoms with E-state index >= 15 is 0 Å². The van der Waals surface area contributed by atoms with Crippen LogP contribution in [0.2, 0.25) is 5.02 Å². The van der Waals surface area contributed by atoms with E-state index in [-0.39, 0.29) is 12.1 Å². The van der Waals surface area contributed by atoms with Gasteiger partial charge in [0, 0.05) is 11.1 Å². The molecule has 0 heterocycles. The molecule has 3 atom stereocenters. The third-order valence-electron chi connectivity index (χ3n) is 4.25. The van der Waals surface area contributed by atoms with E-state index in [9.17, 15) is 0 Å². The lowest BCUT2D eigenvalue weighted by molar-refractivity contribution is 0.0862. The zero-order valence-corrected chi connectivity index (χ0v) is 12.8. The summed E-state index contributed by atoms with van der Waals surface area (Å²) < 4.78 is 6.15. The summed E-state index contributed by atoms with van der Waals surface area (Å²) >= 11 is 6.04. The van der Waals surface area contributed by atoms with Crippen molar-refractivity contribution in [1.29, 1.82) is 0 Å². The molecule has 0 amide bonds. The Morgan fingerprint density at radius 1 is 1.32 bits per heavy atom. The number of aryl methyl sites for hydroxylation is 1. The standard InChI is InChI=1S/C16H24ClNO/c1-10(2)12-5-7-14(18)16(8-12)19-15-9-13(17)6-4-11(15)3/h4,6,9-10,12,14,16H,5,7-8,18H2,1-3H3. The predicted octanol–water partition coefficient (Wildman–Crippen LogP) is 4.18. The molecule has 0 aliphatic heterocycles. The minimum absolute atomic E-state index is 0.110. The fourth-order valence-corrected chi connectivity index (χ4v) is 2.95. The number of benzene rings is 1. The molecule has 1 aliphatic rings. The maximum absolute atomic E-state index is 6.22. The van der Waals surface area contributed by atoms with Crippen LogP contribution in [0.5, 0.6) is 5.75 Å². The Morgan fingerprint density at radius 3 is 2.74 bits per heavy atom. The van der Waals surface area contributed by atoms with E-state index in [2.05, 4.69) is 13.8 Å². The molecule has 1 saturated carbocycles. The normalized spacial score (nSPS) is 27.6. The van der Waals surface area contributed by atoms with Crippen LogP contribution in [0.4, 0.5) is 0 Å². The molecule has 3 heteroatoms. The van der Waals surface area contributed by atoms with Gasteiger partial charge in [0.2, 0.25) is 0 Å². The Bertz CT molecular complexity index is 433. The van der Waals surface area contributed by atoms with Crippen LogP contribution in [-0.4, -0.2) is 12.1 Å². The average molecular weight is 282 g/mol. The molecule has 106 valence electrons. The van der Waals surface area contributed by atoms with Crippen molar-refractivity contribution in [2.45, 2.75) is 52.2 Å². The van der Waals surface area contributed by atoms with Gasteiger partial charge in [0.25, 0.3) is 0 Å².